The summed E-state index contributed by atoms with van der Waals surface area (Å²) in [4.78, 5) is 23.0. The Labute approximate surface area is 164 Å². The fourth-order valence-electron chi connectivity index (χ4n) is 2.07. The van der Waals surface area contributed by atoms with Gasteiger partial charge in [0.2, 0.25) is 0 Å². The number of nitrogens with one attached hydrogen (secondary N) is 1. The fraction of sp³-hybridized carbons (Fsp3) is 0.235. The third-order valence-corrected chi connectivity index (χ3v) is 4.89. The molecule has 0 spiro atoms. The molecule has 0 radical (unpaired) electrons. The number of nitrogens with zero attached hydrogens (tertiary/aromatic N) is 5. The van der Waals surface area contributed by atoms with E-state index in [1.807, 2.05) is 42.6 Å². The molecule has 0 atom stereocenters. The smallest absolute Gasteiger partial charge is 0.323 e. The summed E-state index contributed by atoms with van der Waals surface area (Å²) in [6, 6.07) is 9.46. The van der Waals surface area contributed by atoms with E-state index in [4.69, 9.17) is 4.84 Å². The first-order chi connectivity index (χ1) is 13.0. The number of oxime groups is 1. The lowest BCUT2D eigenvalue weighted by Gasteiger charge is -2.09. The number of hydrogen-bond donors (Lipinski definition) is 1. The largest absolute Gasteiger partial charge is 0.389 e. The Morgan fingerprint density at radius 3 is 2.70 bits per heavy atom. The molecule has 3 rings (SSSR count). The van der Waals surface area contributed by atoms with Crippen molar-refractivity contribution in [2.75, 3.05) is 19.4 Å². The number of benzene rings is 1. The summed E-state index contributed by atoms with van der Waals surface area (Å²) >= 11 is 2.47. The second kappa shape index (κ2) is 8.69. The lowest BCUT2D eigenvalue weighted by molar-refractivity contribution is 0.128. The van der Waals surface area contributed by atoms with Crippen LogP contribution < -0.4 is 5.32 Å². The van der Waals surface area contributed by atoms with Crippen molar-refractivity contribution in [2.45, 2.75) is 13.5 Å². The van der Waals surface area contributed by atoms with E-state index in [0.717, 1.165) is 23.0 Å². The van der Waals surface area contributed by atoms with Crippen LogP contribution in [0.25, 0.3) is 0 Å². The number of amides is 2. The summed E-state index contributed by atoms with van der Waals surface area (Å²) in [5.74, 6) is 0. The quantitative estimate of drug-likeness (QED) is 0.504. The molecule has 2 heterocycles. The van der Waals surface area contributed by atoms with Gasteiger partial charge in [0.25, 0.3) is 0 Å². The van der Waals surface area contributed by atoms with Crippen molar-refractivity contribution in [3.8, 4) is 0 Å². The molecule has 1 aromatic carbocycles. The van der Waals surface area contributed by atoms with Crippen molar-refractivity contribution in [2.24, 2.45) is 5.16 Å². The molecule has 0 aliphatic carbocycles. The fourth-order valence-corrected chi connectivity index (χ4v) is 3.31. The van der Waals surface area contributed by atoms with Crippen molar-refractivity contribution in [1.82, 2.24) is 18.6 Å². The maximum absolute atomic E-state index is 11.7. The zero-order chi connectivity index (χ0) is 19.2. The molecular weight excluding hydrogens is 384 g/mol. The predicted octanol–water partition coefficient (Wildman–Crippen LogP) is 3.37. The Morgan fingerprint density at radius 2 is 2.04 bits per heavy atom. The molecule has 0 aliphatic heterocycles. The monoisotopic (exact) mass is 402 g/mol. The zero-order valence-electron chi connectivity index (χ0n) is 15.0. The van der Waals surface area contributed by atoms with E-state index < -0.39 is 0 Å². The third kappa shape index (κ3) is 4.86. The van der Waals surface area contributed by atoms with Gasteiger partial charge in [0, 0.05) is 25.0 Å². The SMILES string of the molecule is Cc1nsnc1/C(=N\OCc1csc(NC(=O)N(C)C)n1)c1ccccc1. The van der Waals surface area contributed by atoms with Gasteiger partial charge in [-0.05, 0) is 6.92 Å². The van der Waals surface area contributed by atoms with Gasteiger partial charge in [0.1, 0.15) is 11.4 Å². The van der Waals surface area contributed by atoms with E-state index in [1.165, 1.54) is 16.2 Å². The standard InChI is InChI=1S/C17H18N6O2S2/c1-11-14(22-27-21-11)15(12-7-5-4-6-8-12)20-25-9-13-10-26-16(18-13)19-17(24)23(2)3/h4-8,10H,9H2,1-3H3,(H,18,19,24)/b20-15-. The highest BCUT2D eigenvalue weighted by Crippen LogP contribution is 2.18. The van der Waals surface area contributed by atoms with Crippen molar-refractivity contribution in [3.05, 3.63) is 58.4 Å². The summed E-state index contributed by atoms with van der Waals surface area (Å²) in [7, 11) is 3.34. The molecule has 10 heteroatoms. The molecular formula is C17H18N6O2S2. The molecule has 2 amide bonds. The number of carbonyl (C=O) groups is 1. The lowest BCUT2D eigenvalue weighted by Crippen LogP contribution is -2.27. The molecule has 140 valence electrons. The minimum absolute atomic E-state index is 0.182. The van der Waals surface area contributed by atoms with Gasteiger partial charge in [-0.25, -0.2) is 9.78 Å². The minimum atomic E-state index is -0.229. The van der Waals surface area contributed by atoms with Crippen LogP contribution in [0.5, 0.6) is 0 Å². The zero-order valence-corrected chi connectivity index (χ0v) is 16.7. The Balaban J connectivity index is 1.72. The molecule has 8 nitrogen and oxygen atoms in total. The lowest BCUT2D eigenvalue weighted by atomic mass is 10.1. The van der Waals surface area contributed by atoms with Crippen LogP contribution in [-0.4, -0.2) is 44.5 Å². The van der Waals surface area contributed by atoms with Crippen molar-refractivity contribution >= 4 is 39.9 Å². The number of carbonyl (C=O) groups excluding carboxylic acids is 1. The van der Waals surface area contributed by atoms with E-state index in [0.29, 0.717) is 22.2 Å². The topological polar surface area (TPSA) is 92.6 Å². The van der Waals surface area contributed by atoms with Gasteiger partial charge in [-0.2, -0.15) is 8.75 Å². The summed E-state index contributed by atoms with van der Waals surface area (Å²) < 4.78 is 8.54. The summed E-state index contributed by atoms with van der Waals surface area (Å²) in [5, 5.41) is 9.31. The summed E-state index contributed by atoms with van der Waals surface area (Å²) in [6.07, 6.45) is 0. The van der Waals surface area contributed by atoms with E-state index in [1.54, 1.807) is 14.1 Å². The minimum Gasteiger partial charge on any atom is -0.389 e. The van der Waals surface area contributed by atoms with Crippen molar-refractivity contribution in [1.29, 1.82) is 0 Å². The number of thiazole rings is 1. The number of rotatable bonds is 6. The molecule has 0 fully saturated rings. The molecule has 0 saturated heterocycles. The van der Waals surface area contributed by atoms with Gasteiger partial charge in [-0.15, -0.1) is 11.3 Å². The molecule has 0 aliphatic rings. The highest BCUT2D eigenvalue weighted by atomic mass is 32.1. The molecule has 27 heavy (non-hydrogen) atoms. The highest BCUT2D eigenvalue weighted by Gasteiger charge is 2.15. The van der Waals surface area contributed by atoms with Crippen LogP contribution in [0, 0.1) is 6.92 Å². The van der Waals surface area contributed by atoms with Crippen molar-refractivity contribution < 1.29 is 9.63 Å². The Bertz CT molecular complexity index is 936. The molecule has 0 bridgehead atoms. The van der Waals surface area contributed by atoms with Crippen LogP contribution >= 0.6 is 23.1 Å². The molecule has 0 saturated carbocycles. The predicted molar refractivity (Wildman–Crippen MR) is 106 cm³/mol. The second-order valence-corrected chi connectivity index (χ2v) is 7.13. The first-order valence-electron chi connectivity index (χ1n) is 8.02. The third-order valence-electron chi connectivity index (χ3n) is 3.46. The first-order valence-corrected chi connectivity index (χ1v) is 9.63. The average Bonchev–Trinajstić information content (AvgIpc) is 3.28. The van der Waals surface area contributed by atoms with Gasteiger partial charge in [0.05, 0.1) is 23.1 Å². The van der Waals surface area contributed by atoms with Crippen LogP contribution in [-0.2, 0) is 11.4 Å². The maximum atomic E-state index is 11.7. The van der Waals surface area contributed by atoms with Crippen LogP contribution in [0.4, 0.5) is 9.93 Å². The number of hydrogen-bond acceptors (Lipinski definition) is 8. The maximum Gasteiger partial charge on any atom is 0.323 e. The molecule has 3 aromatic rings. The average molecular weight is 403 g/mol. The first kappa shape index (κ1) is 18.9. The van der Waals surface area contributed by atoms with E-state index in [2.05, 4.69) is 24.2 Å². The summed E-state index contributed by atoms with van der Waals surface area (Å²) in [6.45, 7) is 2.07. The highest BCUT2D eigenvalue weighted by molar-refractivity contribution is 7.13. The summed E-state index contributed by atoms with van der Waals surface area (Å²) in [5.41, 5.74) is 3.69. The normalized spacial score (nSPS) is 11.3. The van der Waals surface area contributed by atoms with Crippen molar-refractivity contribution in [3.63, 3.8) is 0 Å². The number of aryl methyl sites for hydroxylation is 1. The van der Waals surface area contributed by atoms with E-state index in [9.17, 15) is 4.79 Å². The number of anilines is 1. The Hall–Kier alpha value is -2.85. The Kier molecular flexibility index (Phi) is 6.09. The van der Waals surface area contributed by atoms with Crippen LogP contribution in [0.2, 0.25) is 0 Å². The Morgan fingerprint density at radius 1 is 1.26 bits per heavy atom. The van der Waals surface area contributed by atoms with Gasteiger partial charge in [-0.3, -0.25) is 5.32 Å². The molecule has 2 aromatic heterocycles. The molecule has 0 unspecified atom stereocenters. The van der Waals surface area contributed by atoms with E-state index in [-0.39, 0.29) is 12.6 Å². The van der Waals surface area contributed by atoms with Gasteiger partial charge >= 0.3 is 6.03 Å². The van der Waals surface area contributed by atoms with Crippen LogP contribution in [0.1, 0.15) is 22.6 Å². The van der Waals surface area contributed by atoms with Gasteiger partial charge < -0.3 is 9.74 Å². The second-order valence-electron chi connectivity index (χ2n) is 5.75. The number of aromatic nitrogens is 3. The van der Waals surface area contributed by atoms with Gasteiger partial charge in [0.15, 0.2) is 11.7 Å². The van der Waals surface area contributed by atoms with Gasteiger partial charge in [-0.1, -0.05) is 35.5 Å². The van der Waals surface area contributed by atoms with E-state index >= 15 is 0 Å². The van der Waals surface area contributed by atoms with Crippen LogP contribution in [0.15, 0.2) is 40.9 Å². The molecule has 1 N–H and O–H groups in total. The number of urea groups is 1. The van der Waals surface area contributed by atoms with Crippen LogP contribution in [0.3, 0.4) is 0 Å².